The van der Waals surface area contributed by atoms with E-state index in [1.165, 1.54) is 0 Å². The second-order valence-electron chi connectivity index (χ2n) is 4.47. The van der Waals surface area contributed by atoms with Crippen LogP contribution in [0.15, 0.2) is 29.2 Å². The third kappa shape index (κ3) is 3.81. The molecule has 1 aliphatic carbocycles. The van der Waals surface area contributed by atoms with Gasteiger partial charge in [0.25, 0.3) is 0 Å². The molecular weight excluding hydrogens is 261 g/mol. The Morgan fingerprint density at radius 2 is 1.94 bits per heavy atom. The number of para-hydroxylation sites is 1. The van der Waals surface area contributed by atoms with Gasteiger partial charge in [-0.2, -0.15) is 13.2 Å². The van der Waals surface area contributed by atoms with E-state index in [4.69, 9.17) is 5.73 Å². The average Bonchev–Trinajstić information content (AvgIpc) is 2.25. The van der Waals surface area contributed by atoms with Crippen LogP contribution in [0.4, 0.5) is 18.9 Å². The number of anilines is 1. The van der Waals surface area contributed by atoms with Crippen LogP contribution in [0.1, 0.15) is 12.8 Å². The number of benzene rings is 1. The van der Waals surface area contributed by atoms with Gasteiger partial charge in [-0.25, -0.2) is 0 Å². The first-order valence-corrected chi connectivity index (χ1v) is 6.73. The molecule has 0 spiro atoms. The smallest absolute Gasteiger partial charge is 0.381 e. The zero-order chi connectivity index (χ0) is 13.2. The Kier molecular flexibility index (Phi) is 4.07. The second kappa shape index (κ2) is 5.40. The van der Waals surface area contributed by atoms with Gasteiger partial charge in [-0.15, -0.1) is 11.8 Å². The molecule has 2 nitrogen and oxygen atoms in total. The van der Waals surface area contributed by atoms with E-state index in [1.807, 2.05) is 12.1 Å². The zero-order valence-electron chi connectivity index (χ0n) is 9.70. The van der Waals surface area contributed by atoms with E-state index in [-0.39, 0.29) is 12.1 Å². The summed E-state index contributed by atoms with van der Waals surface area (Å²) >= 11 is 0.813. The van der Waals surface area contributed by atoms with Crippen molar-refractivity contribution >= 4 is 17.4 Å². The topological polar surface area (TPSA) is 38.0 Å². The van der Waals surface area contributed by atoms with Gasteiger partial charge in [-0.3, -0.25) is 0 Å². The normalized spacial score (nSPS) is 23.6. The summed E-state index contributed by atoms with van der Waals surface area (Å²) < 4.78 is 36.6. The maximum absolute atomic E-state index is 12.2. The molecule has 0 bridgehead atoms. The fourth-order valence-electron chi connectivity index (χ4n) is 1.87. The molecule has 18 heavy (non-hydrogen) atoms. The van der Waals surface area contributed by atoms with E-state index in [2.05, 4.69) is 5.32 Å². The Morgan fingerprint density at radius 1 is 1.28 bits per heavy atom. The fraction of sp³-hybridized carbons (Fsp3) is 0.500. The maximum Gasteiger partial charge on any atom is 0.398 e. The Bertz CT molecular complexity index is 403. The Hall–Kier alpha value is -0.880. The lowest BCUT2D eigenvalue weighted by atomic mass is 9.87. The predicted octanol–water partition coefficient (Wildman–Crippen LogP) is 3.24. The van der Waals surface area contributed by atoms with Gasteiger partial charge in [-0.05, 0) is 25.0 Å². The number of hydrogen-bond donors (Lipinski definition) is 2. The van der Waals surface area contributed by atoms with E-state index in [1.54, 1.807) is 12.1 Å². The molecule has 1 saturated carbocycles. The molecule has 100 valence electrons. The third-order valence-electron chi connectivity index (χ3n) is 2.81. The molecule has 0 atom stereocenters. The first-order valence-electron chi connectivity index (χ1n) is 5.75. The number of halogens is 3. The molecule has 0 unspecified atom stereocenters. The molecule has 6 heteroatoms. The number of hydrogen-bond acceptors (Lipinski definition) is 3. The molecule has 1 aromatic rings. The van der Waals surface area contributed by atoms with Crippen molar-refractivity contribution in [3.63, 3.8) is 0 Å². The zero-order valence-corrected chi connectivity index (χ0v) is 10.5. The van der Waals surface area contributed by atoms with E-state index >= 15 is 0 Å². The molecule has 0 radical (unpaired) electrons. The summed E-state index contributed by atoms with van der Waals surface area (Å²) in [6, 6.07) is 7.58. The highest BCUT2D eigenvalue weighted by Gasteiger charge is 2.29. The van der Waals surface area contributed by atoms with Crippen LogP contribution >= 0.6 is 11.8 Å². The van der Waals surface area contributed by atoms with Crippen molar-refractivity contribution in [3.8, 4) is 0 Å². The minimum Gasteiger partial charge on any atom is -0.381 e. The van der Waals surface area contributed by atoms with Crippen LogP contribution in [0.5, 0.6) is 0 Å². The van der Waals surface area contributed by atoms with Gasteiger partial charge < -0.3 is 11.1 Å². The molecule has 1 aromatic carbocycles. The molecule has 0 saturated heterocycles. The lowest BCUT2D eigenvalue weighted by molar-refractivity contribution is -0.105. The number of alkyl halides is 3. The Labute approximate surface area is 108 Å². The quantitative estimate of drug-likeness (QED) is 0.829. The van der Waals surface area contributed by atoms with Gasteiger partial charge >= 0.3 is 6.18 Å². The first-order chi connectivity index (χ1) is 8.44. The van der Waals surface area contributed by atoms with Crippen LogP contribution in [0.25, 0.3) is 0 Å². The monoisotopic (exact) mass is 276 g/mol. The van der Waals surface area contributed by atoms with Crippen molar-refractivity contribution in [1.29, 1.82) is 0 Å². The highest BCUT2D eigenvalue weighted by atomic mass is 32.2. The van der Waals surface area contributed by atoms with Gasteiger partial charge in [-0.1, -0.05) is 12.1 Å². The van der Waals surface area contributed by atoms with E-state index in [0.717, 1.165) is 30.3 Å². The van der Waals surface area contributed by atoms with Crippen LogP contribution in [0.2, 0.25) is 0 Å². The lowest BCUT2D eigenvalue weighted by Gasteiger charge is -2.34. The maximum atomic E-state index is 12.2. The van der Waals surface area contributed by atoms with E-state index in [9.17, 15) is 13.2 Å². The third-order valence-corrected chi connectivity index (χ3v) is 3.95. The highest BCUT2D eigenvalue weighted by molar-refractivity contribution is 7.99. The molecule has 3 N–H and O–H groups in total. The molecule has 0 heterocycles. The van der Waals surface area contributed by atoms with Gasteiger partial charge in [0.2, 0.25) is 0 Å². The lowest BCUT2D eigenvalue weighted by Crippen LogP contribution is -2.44. The number of thioether (sulfide) groups is 1. The highest BCUT2D eigenvalue weighted by Crippen LogP contribution is 2.33. The fourth-order valence-corrected chi connectivity index (χ4v) is 2.65. The summed E-state index contributed by atoms with van der Waals surface area (Å²) in [6.45, 7) is 0. The standard InChI is InChI=1S/C12H15F3N2S/c13-12(14,15)7-18-11-4-2-1-3-10(11)17-9-5-8(16)6-9/h1-4,8-9,17H,5-7,16H2. The van der Waals surface area contributed by atoms with Crippen molar-refractivity contribution in [3.05, 3.63) is 24.3 Å². The van der Waals surface area contributed by atoms with E-state index in [0.29, 0.717) is 4.90 Å². The first kappa shape index (κ1) is 13.5. The van der Waals surface area contributed by atoms with Crippen molar-refractivity contribution in [2.24, 2.45) is 5.73 Å². The van der Waals surface area contributed by atoms with Crippen molar-refractivity contribution in [1.82, 2.24) is 0 Å². The molecule has 2 rings (SSSR count). The predicted molar refractivity (Wildman–Crippen MR) is 67.8 cm³/mol. The molecular formula is C12H15F3N2S. The molecule has 0 amide bonds. The molecule has 1 aliphatic rings. The summed E-state index contributed by atoms with van der Waals surface area (Å²) in [5.74, 6) is -0.865. The van der Waals surface area contributed by atoms with Crippen LogP contribution in [-0.2, 0) is 0 Å². The number of rotatable bonds is 4. The minimum absolute atomic E-state index is 0.220. The van der Waals surface area contributed by atoms with Gasteiger partial charge in [0.1, 0.15) is 0 Å². The van der Waals surface area contributed by atoms with Crippen molar-refractivity contribution in [2.45, 2.75) is 36.0 Å². The number of nitrogens with two attached hydrogens (primary N) is 1. The molecule has 1 fully saturated rings. The summed E-state index contributed by atoms with van der Waals surface area (Å²) in [4.78, 5) is 0.635. The minimum atomic E-state index is -4.14. The largest absolute Gasteiger partial charge is 0.398 e. The van der Waals surface area contributed by atoms with Crippen molar-refractivity contribution in [2.75, 3.05) is 11.1 Å². The van der Waals surface area contributed by atoms with Crippen LogP contribution < -0.4 is 11.1 Å². The SMILES string of the molecule is NC1CC(Nc2ccccc2SCC(F)(F)F)C1. The Balaban J connectivity index is 1.97. The number of nitrogens with one attached hydrogen (secondary N) is 1. The Morgan fingerprint density at radius 3 is 2.56 bits per heavy atom. The van der Waals surface area contributed by atoms with Gasteiger partial charge in [0.05, 0.1) is 5.75 Å². The molecule has 0 aliphatic heterocycles. The summed E-state index contributed by atoms with van der Waals surface area (Å²) in [5, 5.41) is 3.25. The van der Waals surface area contributed by atoms with Crippen LogP contribution in [-0.4, -0.2) is 24.0 Å². The second-order valence-corrected chi connectivity index (χ2v) is 5.49. The van der Waals surface area contributed by atoms with Crippen molar-refractivity contribution < 1.29 is 13.2 Å². The van der Waals surface area contributed by atoms with Crippen LogP contribution in [0, 0.1) is 0 Å². The summed E-state index contributed by atoms with van der Waals surface area (Å²) in [7, 11) is 0. The van der Waals surface area contributed by atoms with Crippen LogP contribution in [0.3, 0.4) is 0 Å². The van der Waals surface area contributed by atoms with E-state index < -0.39 is 11.9 Å². The average molecular weight is 276 g/mol. The van der Waals surface area contributed by atoms with Gasteiger partial charge in [0.15, 0.2) is 0 Å². The molecule has 0 aromatic heterocycles. The summed E-state index contributed by atoms with van der Waals surface area (Å²) in [5.41, 5.74) is 6.45. The van der Waals surface area contributed by atoms with Gasteiger partial charge in [0, 0.05) is 22.7 Å². The summed E-state index contributed by atoms with van der Waals surface area (Å²) in [6.07, 6.45) is -2.40.